The Bertz CT molecular complexity index is 363. The van der Waals surface area contributed by atoms with Crippen molar-refractivity contribution in [2.24, 2.45) is 5.92 Å². The van der Waals surface area contributed by atoms with Gasteiger partial charge in [0, 0.05) is 24.3 Å². The van der Waals surface area contributed by atoms with Crippen molar-refractivity contribution in [1.29, 1.82) is 0 Å². The maximum Gasteiger partial charge on any atom is 0.224 e. The summed E-state index contributed by atoms with van der Waals surface area (Å²) in [4.78, 5) is 8.74. The number of anilines is 2. The highest BCUT2D eigenvalue weighted by Gasteiger charge is 2.08. The van der Waals surface area contributed by atoms with Gasteiger partial charge in [-0.1, -0.05) is 13.8 Å². The Morgan fingerprint density at radius 1 is 1.22 bits per heavy atom. The standard InChI is InChI=1S/C14H26N4/c1-6-15-14-16-9-11(4)13(18-14)17-12(5)8-7-10(2)3/h9-10,12H,6-8H2,1-5H3,(H2,15,16,17,18). The lowest BCUT2D eigenvalue weighted by molar-refractivity contribution is 0.527. The maximum absolute atomic E-state index is 4.50. The highest BCUT2D eigenvalue weighted by molar-refractivity contribution is 5.46. The number of nitrogens with zero attached hydrogens (tertiary/aromatic N) is 2. The fourth-order valence-corrected chi connectivity index (χ4v) is 1.72. The summed E-state index contributed by atoms with van der Waals surface area (Å²) < 4.78 is 0. The van der Waals surface area contributed by atoms with E-state index in [0.717, 1.165) is 30.3 Å². The number of rotatable bonds is 7. The predicted molar refractivity (Wildman–Crippen MR) is 78.1 cm³/mol. The Kier molecular flexibility index (Phi) is 5.89. The lowest BCUT2D eigenvalue weighted by Gasteiger charge is -2.17. The van der Waals surface area contributed by atoms with Gasteiger partial charge in [0.2, 0.25) is 5.95 Å². The highest BCUT2D eigenvalue weighted by atomic mass is 15.1. The second-order valence-corrected chi connectivity index (χ2v) is 5.27. The van der Waals surface area contributed by atoms with Gasteiger partial charge in [-0.15, -0.1) is 0 Å². The summed E-state index contributed by atoms with van der Waals surface area (Å²) in [5.41, 5.74) is 1.09. The molecule has 0 radical (unpaired) electrons. The van der Waals surface area contributed by atoms with Gasteiger partial charge < -0.3 is 10.6 Å². The van der Waals surface area contributed by atoms with Crippen LogP contribution < -0.4 is 10.6 Å². The van der Waals surface area contributed by atoms with Gasteiger partial charge in [-0.3, -0.25) is 0 Å². The van der Waals surface area contributed by atoms with Crippen molar-refractivity contribution in [3.8, 4) is 0 Å². The van der Waals surface area contributed by atoms with Gasteiger partial charge in [-0.05, 0) is 39.5 Å². The number of hydrogen-bond acceptors (Lipinski definition) is 4. The minimum atomic E-state index is 0.440. The van der Waals surface area contributed by atoms with Gasteiger partial charge in [0.15, 0.2) is 0 Å². The van der Waals surface area contributed by atoms with Crippen LogP contribution in [0.2, 0.25) is 0 Å². The van der Waals surface area contributed by atoms with Crippen LogP contribution in [0.25, 0.3) is 0 Å². The van der Waals surface area contributed by atoms with Crippen molar-refractivity contribution in [3.63, 3.8) is 0 Å². The molecule has 102 valence electrons. The van der Waals surface area contributed by atoms with Crippen LogP contribution in [0.4, 0.5) is 11.8 Å². The zero-order chi connectivity index (χ0) is 13.5. The summed E-state index contributed by atoms with van der Waals surface area (Å²) in [7, 11) is 0. The lowest BCUT2D eigenvalue weighted by atomic mass is 10.0. The van der Waals surface area contributed by atoms with E-state index in [4.69, 9.17) is 0 Å². The normalized spacial score (nSPS) is 12.6. The number of hydrogen-bond donors (Lipinski definition) is 2. The van der Waals surface area contributed by atoms with Gasteiger partial charge >= 0.3 is 0 Å². The molecule has 1 aromatic rings. The molecule has 0 aliphatic heterocycles. The largest absolute Gasteiger partial charge is 0.367 e. The van der Waals surface area contributed by atoms with E-state index < -0.39 is 0 Å². The van der Waals surface area contributed by atoms with E-state index in [1.165, 1.54) is 6.42 Å². The Hall–Kier alpha value is -1.32. The van der Waals surface area contributed by atoms with Crippen molar-refractivity contribution in [2.45, 2.75) is 53.5 Å². The summed E-state index contributed by atoms with van der Waals surface area (Å²) in [6.07, 6.45) is 4.26. The van der Waals surface area contributed by atoms with Crippen molar-refractivity contribution in [3.05, 3.63) is 11.8 Å². The molecule has 1 heterocycles. The van der Waals surface area contributed by atoms with E-state index in [1.807, 2.05) is 20.0 Å². The molecule has 4 heteroatoms. The van der Waals surface area contributed by atoms with Gasteiger partial charge in [0.25, 0.3) is 0 Å². The summed E-state index contributed by atoms with van der Waals surface area (Å²) in [5.74, 6) is 2.39. The van der Waals surface area contributed by atoms with Crippen molar-refractivity contribution in [2.75, 3.05) is 17.2 Å². The molecule has 4 nitrogen and oxygen atoms in total. The van der Waals surface area contributed by atoms with E-state index >= 15 is 0 Å². The van der Waals surface area contributed by atoms with Crippen molar-refractivity contribution in [1.82, 2.24) is 9.97 Å². The van der Waals surface area contributed by atoms with E-state index in [1.54, 1.807) is 0 Å². The Morgan fingerprint density at radius 2 is 1.94 bits per heavy atom. The van der Waals surface area contributed by atoms with E-state index in [9.17, 15) is 0 Å². The minimum Gasteiger partial charge on any atom is -0.367 e. The molecule has 0 saturated heterocycles. The third-order valence-corrected chi connectivity index (χ3v) is 2.87. The van der Waals surface area contributed by atoms with Gasteiger partial charge in [-0.25, -0.2) is 4.98 Å². The molecule has 1 rings (SSSR count). The Morgan fingerprint density at radius 3 is 2.56 bits per heavy atom. The van der Waals surface area contributed by atoms with E-state index in [0.29, 0.717) is 12.0 Å². The zero-order valence-corrected chi connectivity index (χ0v) is 12.2. The van der Waals surface area contributed by atoms with Crippen LogP contribution in [0.5, 0.6) is 0 Å². The Balaban J connectivity index is 2.61. The molecule has 0 aromatic carbocycles. The average Bonchev–Trinajstić information content (AvgIpc) is 2.31. The van der Waals surface area contributed by atoms with Gasteiger partial charge in [0.05, 0.1) is 0 Å². The van der Waals surface area contributed by atoms with Crippen LogP contribution >= 0.6 is 0 Å². The molecule has 0 aliphatic carbocycles. The molecule has 0 aliphatic rings. The number of aryl methyl sites for hydroxylation is 1. The van der Waals surface area contributed by atoms with Crippen LogP contribution in [0, 0.1) is 12.8 Å². The molecular formula is C14H26N4. The van der Waals surface area contributed by atoms with Crippen LogP contribution in [0.1, 0.15) is 46.1 Å². The molecule has 0 amide bonds. The molecule has 0 bridgehead atoms. The minimum absolute atomic E-state index is 0.440. The maximum atomic E-state index is 4.50. The molecule has 0 spiro atoms. The predicted octanol–water partition coefficient (Wildman–Crippen LogP) is 3.45. The molecule has 0 saturated carbocycles. The fraction of sp³-hybridized carbons (Fsp3) is 0.714. The lowest BCUT2D eigenvalue weighted by Crippen LogP contribution is -2.18. The first kappa shape index (κ1) is 14.7. The SMILES string of the molecule is CCNc1ncc(C)c(NC(C)CCC(C)C)n1. The molecule has 2 N–H and O–H groups in total. The molecule has 0 fully saturated rings. The van der Waals surface area contributed by atoms with Crippen molar-refractivity contribution >= 4 is 11.8 Å². The first-order valence-corrected chi connectivity index (χ1v) is 6.87. The van der Waals surface area contributed by atoms with Crippen LogP contribution in [-0.4, -0.2) is 22.6 Å². The van der Waals surface area contributed by atoms with E-state index in [-0.39, 0.29) is 0 Å². The van der Waals surface area contributed by atoms with Crippen molar-refractivity contribution < 1.29 is 0 Å². The quantitative estimate of drug-likeness (QED) is 0.778. The van der Waals surface area contributed by atoms with Gasteiger partial charge in [0.1, 0.15) is 5.82 Å². The smallest absolute Gasteiger partial charge is 0.224 e. The summed E-state index contributed by atoms with van der Waals surface area (Å²) in [6, 6.07) is 0.440. The molecule has 1 unspecified atom stereocenters. The van der Waals surface area contributed by atoms with Crippen LogP contribution in [0.3, 0.4) is 0 Å². The van der Waals surface area contributed by atoms with Crippen LogP contribution in [-0.2, 0) is 0 Å². The number of nitrogens with one attached hydrogen (secondary N) is 2. The Labute approximate surface area is 111 Å². The summed E-state index contributed by atoms with van der Waals surface area (Å²) in [6.45, 7) is 11.6. The molecular weight excluding hydrogens is 224 g/mol. The third-order valence-electron chi connectivity index (χ3n) is 2.87. The topological polar surface area (TPSA) is 49.8 Å². The summed E-state index contributed by atoms with van der Waals surface area (Å²) >= 11 is 0. The first-order chi connectivity index (χ1) is 8.52. The second-order valence-electron chi connectivity index (χ2n) is 5.27. The second kappa shape index (κ2) is 7.19. The highest BCUT2D eigenvalue weighted by Crippen LogP contribution is 2.16. The molecule has 1 aromatic heterocycles. The number of aromatic nitrogens is 2. The van der Waals surface area contributed by atoms with Gasteiger partial charge in [-0.2, -0.15) is 4.98 Å². The average molecular weight is 250 g/mol. The summed E-state index contributed by atoms with van der Waals surface area (Å²) in [5, 5.41) is 6.61. The monoisotopic (exact) mass is 250 g/mol. The zero-order valence-electron chi connectivity index (χ0n) is 12.2. The third kappa shape index (κ3) is 4.90. The molecule has 18 heavy (non-hydrogen) atoms. The fourth-order valence-electron chi connectivity index (χ4n) is 1.72. The molecule has 1 atom stereocenters. The van der Waals surface area contributed by atoms with Crippen LogP contribution in [0.15, 0.2) is 6.20 Å². The first-order valence-electron chi connectivity index (χ1n) is 6.87. The van der Waals surface area contributed by atoms with E-state index in [2.05, 4.69) is 41.4 Å².